The van der Waals surface area contributed by atoms with Gasteiger partial charge in [-0.05, 0) is 31.9 Å². The first-order valence-electron chi connectivity index (χ1n) is 9.18. The topological polar surface area (TPSA) is 76.8 Å². The molecule has 0 spiro atoms. The smallest absolute Gasteiger partial charge is 0.231 e. The summed E-state index contributed by atoms with van der Waals surface area (Å²) >= 11 is 1.46. The molecule has 26 heavy (non-hydrogen) atoms. The van der Waals surface area contributed by atoms with Gasteiger partial charge in [0.05, 0.1) is 12.1 Å². The minimum atomic E-state index is 0.135. The van der Waals surface area contributed by atoms with E-state index in [4.69, 9.17) is 0 Å². The van der Waals surface area contributed by atoms with Gasteiger partial charge in [0.25, 0.3) is 0 Å². The number of aromatic nitrogens is 5. The molecule has 2 aromatic heterocycles. The van der Waals surface area contributed by atoms with Gasteiger partial charge in [-0.25, -0.2) is 4.68 Å². The number of hydrogen-bond acceptors (Lipinski definition) is 6. The number of carbonyl (C=O) groups excluding carboxylic acids is 1. The summed E-state index contributed by atoms with van der Waals surface area (Å²) in [6, 6.07) is 7.84. The fourth-order valence-corrected chi connectivity index (χ4v) is 4.43. The Morgan fingerprint density at radius 3 is 2.81 bits per heavy atom. The first-order valence-corrected chi connectivity index (χ1v) is 10.00. The maximum Gasteiger partial charge on any atom is 0.231 e. The fourth-order valence-electron chi connectivity index (χ4n) is 3.54. The van der Waals surface area contributed by atoms with Gasteiger partial charge in [0.1, 0.15) is 10.5 Å². The number of rotatable bonds is 5. The number of fused-ring (bicyclic) bond motifs is 1. The van der Waals surface area contributed by atoms with E-state index in [-0.39, 0.29) is 11.8 Å². The van der Waals surface area contributed by atoms with Crippen LogP contribution in [0, 0.1) is 5.92 Å². The van der Waals surface area contributed by atoms with Gasteiger partial charge in [-0.3, -0.25) is 9.69 Å². The van der Waals surface area contributed by atoms with Crippen LogP contribution in [0.3, 0.4) is 0 Å². The van der Waals surface area contributed by atoms with Crippen LogP contribution >= 0.6 is 11.3 Å². The largest absolute Gasteiger partial charge is 0.287 e. The number of anilines is 1. The van der Waals surface area contributed by atoms with Crippen molar-refractivity contribution in [3.8, 4) is 0 Å². The highest BCUT2D eigenvalue weighted by molar-refractivity contribution is 7.15. The summed E-state index contributed by atoms with van der Waals surface area (Å²) in [5.41, 5.74) is 1.83. The summed E-state index contributed by atoms with van der Waals surface area (Å²) in [5.74, 6) is 0.330. The second-order valence-corrected chi connectivity index (χ2v) is 7.67. The van der Waals surface area contributed by atoms with Gasteiger partial charge in [0, 0.05) is 12.5 Å². The standard InChI is InChI=1S/C18H22N6OS/c1-2-23(17(25)13-8-4-3-5-9-13)18-21-20-16(26-18)12-24-15-11-7-6-10-14(15)19-22-24/h6-7,10-11,13H,2-5,8-9,12H2,1H3. The molecular formula is C18H22N6OS. The quantitative estimate of drug-likeness (QED) is 0.689. The average Bonchev–Trinajstić information content (AvgIpc) is 3.31. The predicted octanol–water partition coefficient (Wildman–Crippen LogP) is 3.26. The molecule has 1 fully saturated rings. The van der Waals surface area contributed by atoms with Crippen molar-refractivity contribution in [3.05, 3.63) is 29.3 Å². The molecule has 0 aliphatic heterocycles. The summed E-state index contributed by atoms with van der Waals surface area (Å²) in [7, 11) is 0. The van der Waals surface area contributed by atoms with E-state index in [0.29, 0.717) is 18.2 Å². The van der Waals surface area contributed by atoms with Gasteiger partial charge < -0.3 is 0 Å². The lowest BCUT2D eigenvalue weighted by Crippen LogP contribution is -2.36. The van der Waals surface area contributed by atoms with Crippen molar-refractivity contribution in [2.24, 2.45) is 5.92 Å². The average molecular weight is 370 g/mol. The number of nitrogens with zero attached hydrogens (tertiary/aromatic N) is 6. The maximum absolute atomic E-state index is 12.9. The molecule has 0 saturated heterocycles. The molecule has 1 amide bonds. The Bertz CT molecular complexity index is 898. The third-order valence-corrected chi connectivity index (χ3v) is 5.86. The lowest BCUT2D eigenvalue weighted by Gasteiger charge is -2.26. The Kier molecular flexibility index (Phi) is 4.92. The van der Waals surface area contributed by atoms with Crippen LogP contribution in [0.25, 0.3) is 11.0 Å². The molecule has 0 bridgehead atoms. The van der Waals surface area contributed by atoms with E-state index >= 15 is 0 Å². The van der Waals surface area contributed by atoms with E-state index in [9.17, 15) is 4.79 Å². The Hall–Kier alpha value is -2.35. The minimum Gasteiger partial charge on any atom is -0.287 e. The summed E-state index contributed by atoms with van der Waals surface area (Å²) in [6.45, 7) is 3.12. The molecule has 8 heteroatoms. The predicted molar refractivity (Wildman–Crippen MR) is 101 cm³/mol. The van der Waals surface area contributed by atoms with Crippen LogP contribution in [0.15, 0.2) is 24.3 Å². The van der Waals surface area contributed by atoms with E-state index in [1.807, 2.05) is 35.9 Å². The molecule has 3 aromatic rings. The zero-order valence-corrected chi connectivity index (χ0v) is 15.7. The van der Waals surface area contributed by atoms with Crippen molar-refractivity contribution in [2.45, 2.75) is 45.6 Å². The number of para-hydroxylation sites is 1. The van der Waals surface area contributed by atoms with Crippen LogP contribution in [0.4, 0.5) is 5.13 Å². The third-order valence-electron chi connectivity index (χ3n) is 4.93. The highest BCUT2D eigenvalue weighted by Crippen LogP contribution is 2.29. The number of benzene rings is 1. The normalized spacial score (nSPS) is 15.4. The summed E-state index contributed by atoms with van der Waals surface area (Å²) in [6.07, 6.45) is 5.52. The first kappa shape index (κ1) is 17.1. The van der Waals surface area contributed by atoms with Gasteiger partial charge in [0.2, 0.25) is 11.0 Å². The second-order valence-electron chi connectivity index (χ2n) is 6.63. The maximum atomic E-state index is 12.9. The molecule has 7 nitrogen and oxygen atoms in total. The van der Waals surface area contributed by atoms with Crippen molar-refractivity contribution in [1.82, 2.24) is 25.2 Å². The van der Waals surface area contributed by atoms with Crippen LogP contribution in [0.2, 0.25) is 0 Å². The minimum absolute atomic E-state index is 0.135. The molecule has 0 N–H and O–H groups in total. The summed E-state index contributed by atoms with van der Waals surface area (Å²) in [4.78, 5) is 14.7. The molecule has 2 heterocycles. The Morgan fingerprint density at radius 2 is 2.00 bits per heavy atom. The number of hydrogen-bond donors (Lipinski definition) is 0. The molecule has 1 aliphatic carbocycles. The Balaban J connectivity index is 1.51. The van der Waals surface area contributed by atoms with E-state index in [1.54, 1.807) is 4.90 Å². The van der Waals surface area contributed by atoms with Crippen LogP contribution < -0.4 is 4.90 Å². The van der Waals surface area contributed by atoms with E-state index in [2.05, 4.69) is 20.5 Å². The lowest BCUT2D eigenvalue weighted by atomic mass is 9.88. The zero-order chi connectivity index (χ0) is 17.9. The zero-order valence-electron chi connectivity index (χ0n) is 14.8. The fraction of sp³-hybridized carbons (Fsp3) is 0.500. The van der Waals surface area contributed by atoms with Crippen molar-refractivity contribution >= 4 is 33.4 Å². The van der Waals surface area contributed by atoms with Crippen LogP contribution in [-0.4, -0.2) is 37.6 Å². The van der Waals surface area contributed by atoms with Crippen molar-refractivity contribution in [1.29, 1.82) is 0 Å². The van der Waals surface area contributed by atoms with Crippen LogP contribution in [0.1, 0.15) is 44.0 Å². The van der Waals surface area contributed by atoms with Gasteiger partial charge >= 0.3 is 0 Å². The van der Waals surface area contributed by atoms with Gasteiger partial charge in [-0.1, -0.05) is 47.9 Å². The highest BCUT2D eigenvalue weighted by atomic mass is 32.1. The summed E-state index contributed by atoms with van der Waals surface area (Å²) in [5, 5.41) is 18.4. The molecule has 0 atom stereocenters. The number of carbonyl (C=O) groups is 1. The molecule has 136 valence electrons. The summed E-state index contributed by atoms with van der Waals surface area (Å²) < 4.78 is 1.82. The van der Waals surface area contributed by atoms with Crippen LogP contribution in [0.5, 0.6) is 0 Å². The second kappa shape index (κ2) is 7.49. The van der Waals surface area contributed by atoms with Crippen LogP contribution in [-0.2, 0) is 11.3 Å². The number of amides is 1. The SMILES string of the molecule is CCN(C(=O)C1CCCCC1)c1nnc(Cn2nnc3ccccc32)s1. The van der Waals surface area contributed by atoms with Gasteiger partial charge in [-0.2, -0.15) is 0 Å². The molecule has 1 saturated carbocycles. The Labute approximate surface area is 156 Å². The highest BCUT2D eigenvalue weighted by Gasteiger charge is 2.28. The molecule has 1 aliphatic rings. The van der Waals surface area contributed by atoms with E-state index in [1.165, 1.54) is 17.8 Å². The first-order chi connectivity index (χ1) is 12.8. The third kappa shape index (κ3) is 3.33. The molecule has 0 radical (unpaired) electrons. The van der Waals surface area contributed by atoms with Crippen molar-refractivity contribution < 1.29 is 4.79 Å². The molecule has 1 aromatic carbocycles. The molecule has 0 unspecified atom stereocenters. The monoisotopic (exact) mass is 370 g/mol. The lowest BCUT2D eigenvalue weighted by molar-refractivity contribution is -0.123. The van der Waals surface area contributed by atoms with Crippen molar-refractivity contribution in [2.75, 3.05) is 11.4 Å². The van der Waals surface area contributed by atoms with Gasteiger partial charge in [-0.15, -0.1) is 15.3 Å². The molecule has 4 rings (SSSR count). The molecular weight excluding hydrogens is 348 g/mol. The van der Waals surface area contributed by atoms with E-state index in [0.717, 1.165) is 41.7 Å². The Morgan fingerprint density at radius 1 is 1.19 bits per heavy atom. The van der Waals surface area contributed by atoms with Crippen molar-refractivity contribution in [3.63, 3.8) is 0 Å². The van der Waals surface area contributed by atoms with Gasteiger partial charge in [0.15, 0.2) is 0 Å². The van der Waals surface area contributed by atoms with E-state index < -0.39 is 0 Å².